The van der Waals surface area contributed by atoms with Crippen LogP contribution in [0.1, 0.15) is 23.4 Å². The molecule has 2 aromatic carbocycles. The van der Waals surface area contributed by atoms with Crippen molar-refractivity contribution in [3.63, 3.8) is 0 Å². The molecule has 6 heteroatoms. The number of aryl methyl sites for hydroxylation is 2. The third kappa shape index (κ3) is 4.16. The number of aromatic nitrogens is 2. The third-order valence-corrected chi connectivity index (χ3v) is 4.94. The van der Waals surface area contributed by atoms with Crippen molar-refractivity contribution < 1.29 is 14.1 Å². The third-order valence-electron chi connectivity index (χ3n) is 4.94. The largest absolute Gasteiger partial charge is 0.497 e. The van der Waals surface area contributed by atoms with E-state index in [0.717, 1.165) is 44.9 Å². The Balaban J connectivity index is 1.53. The van der Waals surface area contributed by atoms with Gasteiger partial charge in [-0.15, -0.1) is 0 Å². The van der Waals surface area contributed by atoms with Crippen molar-refractivity contribution in [2.24, 2.45) is 0 Å². The summed E-state index contributed by atoms with van der Waals surface area (Å²) in [5.41, 5.74) is 5.02. The number of rotatable bonds is 7. The Morgan fingerprint density at radius 3 is 2.69 bits per heavy atom. The Bertz CT molecular complexity index is 1130. The number of amides is 1. The van der Waals surface area contributed by atoms with Crippen molar-refractivity contribution in [3.05, 3.63) is 71.6 Å². The van der Waals surface area contributed by atoms with Gasteiger partial charge >= 0.3 is 0 Å². The number of benzene rings is 2. The van der Waals surface area contributed by atoms with Gasteiger partial charge < -0.3 is 19.6 Å². The summed E-state index contributed by atoms with van der Waals surface area (Å²) < 4.78 is 10.3. The Hall–Kier alpha value is -3.54. The predicted octanol–water partition coefficient (Wildman–Crippen LogP) is 4.39. The van der Waals surface area contributed by atoms with E-state index in [-0.39, 0.29) is 5.91 Å². The summed E-state index contributed by atoms with van der Waals surface area (Å²) in [7, 11) is 1.66. The van der Waals surface area contributed by atoms with Crippen LogP contribution in [-0.2, 0) is 17.8 Å². The number of para-hydroxylation sites is 1. The maximum absolute atomic E-state index is 12.4. The molecule has 2 N–H and O–H groups in total. The summed E-state index contributed by atoms with van der Waals surface area (Å²) in [5, 5.41) is 7.95. The van der Waals surface area contributed by atoms with Gasteiger partial charge in [-0.05, 0) is 54.8 Å². The number of nitrogens with zero attached hydrogens (tertiary/aromatic N) is 1. The number of carbonyl (C=O) groups is 1. The maximum atomic E-state index is 12.4. The van der Waals surface area contributed by atoms with Crippen LogP contribution in [0.5, 0.6) is 5.75 Å². The highest BCUT2D eigenvalue weighted by Gasteiger charge is 2.15. The molecule has 0 saturated carbocycles. The molecule has 2 heterocycles. The van der Waals surface area contributed by atoms with E-state index in [1.165, 1.54) is 0 Å². The molecule has 0 unspecified atom stereocenters. The Kier molecular flexibility index (Phi) is 5.33. The second kappa shape index (κ2) is 8.22. The van der Waals surface area contributed by atoms with E-state index < -0.39 is 0 Å². The lowest BCUT2D eigenvalue weighted by Crippen LogP contribution is -2.23. The molecular weight excluding hydrogens is 366 g/mol. The Morgan fingerprint density at radius 2 is 1.97 bits per heavy atom. The standard InChI is InChI=1S/C23H23N3O3/c1-15-13-17(26-29-15)14-24-22(27)12-11-20-19-5-3-4-6-21(19)25-23(20)16-7-9-18(28-2)10-8-16/h3-10,13,25H,11-12,14H2,1-2H3,(H,24,27). The molecule has 0 radical (unpaired) electrons. The fourth-order valence-corrected chi connectivity index (χ4v) is 3.48. The molecular formula is C23H23N3O3. The number of hydrogen-bond acceptors (Lipinski definition) is 4. The molecule has 2 aromatic heterocycles. The lowest BCUT2D eigenvalue weighted by Gasteiger charge is -2.07. The smallest absolute Gasteiger partial charge is 0.220 e. The van der Waals surface area contributed by atoms with E-state index in [9.17, 15) is 4.79 Å². The van der Waals surface area contributed by atoms with Crippen LogP contribution < -0.4 is 10.1 Å². The summed E-state index contributed by atoms with van der Waals surface area (Å²) in [6.45, 7) is 2.20. The van der Waals surface area contributed by atoms with Crippen LogP contribution in [-0.4, -0.2) is 23.2 Å². The first kappa shape index (κ1) is 18.8. The summed E-state index contributed by atoms with van der Waals surface area (Å²) in [6, 6.07) is 17.9. The lowest BCUT2D eigenvalue weighted by molar-refractivity contribution is -0.121. The normalized spacial score (nSPS) is 11.0. The van der Waals surface area contributed by atoms with Gasteiger partial charge in [0.1, 0.15) is 17.2 Å². The van der Waals surface area contributed by atoms with Crippen molar-refractivity contribution in [1.29, 1.82) is 0 Å². The van der Waals surface area contributed by atoms with Gasteiger partial charge in [0.15, 0.2) is 0 Å². The first-order chi connectivity index (χ1) is 14.1. The van der Waals surface area contributed by atoms with Crippen LogP contribution in [0, 0.1) is 6.92 Å². The SMILES string of the molecule is COc1ccc(-c2[nH]c3ccccc3c2CCC(=O)NCc2cc(C)on2)cc1. The second-order valence-corrected chi connectivity index (χ2v) is 6.96. The monoisotopic (exact) mass is 389 g/mol. The van der Waals surface area contributed by atoms with E-state index >= 15 is 0 Å². The zero-order valence-corrected chi connectivity index (χ0v) is 16.5. The molecule has 6 nitrogen and oxygen atoms in total. The van der Waals surface area contributed by atoms with E-state index in [1.807, 2.05) is 49.4 Å². The molecule has 0 aliphatic heterocycles. The summed E-state index contributed by atoms with van der Waals surface area (Å²) in [4.78, 5) is 15.9. The first-order valence-electron chi connectivity index (χ1n) is 9.57. The summed E-state index contributed by atoms with van der Waals surface area (Å²) in [5.74, 6) is 1.53. The molecule has 1 amide bonds. The predicted molar refractivity (Wildman–Crippen MR) is 112 cm³/mol. The van der Waals surface area contributed by atoms with E-state index in [0.29, 0.717) is 19.4 Å². The number of aromatic amines is 1. The van der Waals surface area contributed by atoms with Gasteiger partial charge in [-0.2, -0.15) is 0 Å². The Morgan fingerprint density at radius 1 is 1.17 bits per heavy atom. The number of fused-ring (bicyclic) bond motifs is 1. The molecule has 0 aliphatic carbocycles. The second-order valence-electron chi connectivity index (χ2n) is 6.96. The maximum Gasteiger partial charge on any atom is 0.220 e. The van der Waals surface area contributed by atoms with Crippen molar-refractivity contribution in [1.82, 2.24) is 15.5 Å². The molecule has 0 saturated heterocycles. The van der Waals surface area contributed by atoms with Crippen LogP contribution in [0.4, 0.5) is 0 Å². The number of carbonyl (C=O) groups excluding carboxylic acids is 1. The average Bonchev–Trinajstić information content (AvgIpc) is 3.34. The van der Waals surface area contributed by atoms with Crippen LogP contribution in [0.2, 0.25) is 0 Å². The van der Waals surface area contributed by atoms with Crippen molar-refractivity contribution in [2.75, 3.05) is 7.11 Å². The average molecular weight is 389 g/mol. The molecule has 0 spiro atoms. The van der Waals surface area contributed by atoms with Crippen LogP contribution >= 0.6 is 0 Å². The van der Waals surface area contributed by atoms with Gasteiger partial charge in [-0.1, -0.05) is 23.4 Å². The van der Waals surface area contributed by atoms with E-state index in [2.05, 4.69) is 27.6 Å². The number of ether oxygens (including phenoxy) is 1. The quantitative estimate of drug-likeness (QED) is 0.491. The lowest BCUT2D eigenvalue weighted by atomic mass is 10.0. The van der Waals surface area contributed by atoms with Crippen LogP contribution in [0.25, 0.3) is 22.2 Å². The first-order valence-corrected chi connectivity index (χ1v) is 9.57. The highest BCUT2D eigenvalue weighted by Crippen LogP contribution is 2.32. The van der Waals surface area contributed by atoms with E-state index in [4.69, 9.17) is 9.26 Å². The molecule has 4 rings (SSSR count). The highest BCUT2D eigenvalue weighted by molar-refractivity contribution is 5.91. The zero-order valence-electron chi connectivity index (χ0n) is 16.5. The van der Waals surface area contributed by atoms with Gasteiger partial charge in [0, 0.05) is 29.1 Å². The van der Waals surface area contributed by atoms with Crippen LogP contribution in [0.3, 0.4) is 0 Å². The van der Waals surface area contributed by atoms with E-state index in [1.54, 1.807) is 7.11 Å². The fraction of sp³-hybridized carbons (Fsp3) is 0.217. The molecule has 29 heavy (non-hydrogen) atoms. The molecule has 148 valence electrons. The van der Waals surface area contributed by atoms with Gasteiger partial charge in [-0.25, -0.2) is 0 Å². The van der Waals surface area contributed by atoms with Crippen molar-refractivity contribution in [2.45, 2.75) is 26.3 Å². The number of hydrogen-bond donors (Lipinski definition) is 2. The summed E-state index contributed by atoms with van der Waals surface area (Å²) in [6.07, 6.45) is 1.02. The van der Waals surface area contributed by atoms with Gasteiger partial charge in [-0.3, -0.25) is 4.79 Å². The molecule has 4 aromatic rings. The number of methoxy groups -OCH3 is 1. The zero-order chi connectivity index (χ0) is 20.2. The van der Waals surface area contributed by atoms with Gasteiger partial charge in [0.25, 0.3) is 0 Å². The molecule has 0 fully saturated rings. The molecule has 0 bridgehead atoms. The van der Waals surface area contributed by atoms with Gasteiger partial charge in [0.05, 0.1) is 13.7 Å². The molecule has 0 atom stereocenters. The summed E-state index contributed by atoms with van der Waals surface area (Å²) >= 11 is 0. The van der Waals surface area contributed by atoms with Crippen molar-refractivity contribution in [3.8, 4) is 17.0 Å². The minimum absolute atomic E-state index is 0.0170. The number of H-pyrrole nitrogens is 1. The highest BCUT2D eigenvalue weighted by atomic mass is 16.5. The van der Waals surface area contributed by atoms with Crippen molar-refractivity contribution >= 4 is 16.8 Å². The topological polar surface area (TPSA) is 80.2 Å². The molecule has 0 aliphatic rings. The van der Waals surface area contributed by atoms with Crippen LogP contribution in [0.15, 0.2) is 59.1 Å². The number of nitrogens with one attached hydrogen (secondary N) is 2. The minimum atomic E-state index is -0.0170. The minimum Gasteiger partial charge on any atom is -0.497 e. The fourth-order valence-electron chi connectivity index (χ4n) is 3.48. The Labute approximate surface area is 168 Å². The van der Waals surface area contributed by atoms with Gasteiger partial charge in [0.2, 0.25) is 5.91 Å².